The van der Waals surface area contributed by atoms with E-state index in [1.165, 1.54) is 6.07 Å². The number of H-pyrrole nitrogens is 1. The average Bonchev–Trinajstić information content (AvgIpc) is 3.43. The van der Waals surface area contributed by atoms with Gasteiger partial charge in [-0.15, -0.1) is 10.2 Å². The number of unbranched alkanes of at least 4 members (excludes halogenated alkanes) is 1. The number of anilines is 1. The van der Waals surface area contributed by atoms with Crippen LogP contribution in [0.4, 0.5) is 16.2 Å². The van der Waals surface area contributed by atoms with Crippen molar-refractivity contribution in [3.05, 3.63) is 88.0 Å². The van der Waals surface area contributed by atoms with E-state index in [0.29, 0.717) is 18.9 Å². The summed E-state index contributed by atoms with van der Waals surface area (Å²) in [6.45, 7) is 4.73. The number of nitro benzene ring substituents is 1. The molecule has 4 aromatic rings. The first kappa shape index (κ1) is 24.5. The van der Waals surface area contributed by atoms with Crippen LogP contribution in [-0.4, -0.2) is 43.0 Å². The molecule has 0 aliphatic carbocycles. The van der Waals surface area contributed by atoms with Gasteiger partial charge in [-0.3, -0.25) is 10.1 Å². The molecule has 10 heteroatoms. The van der Waals surface area contributed by atoms with Gasteiger partial charge in [0.25, 0.3) is 5.69 Å². The van der Waals surface area contributed by atoms with Gasteiger partial charge in [0.15, 0.2) is 0 Å². The predicted molar refractivity (Wildman–Crippen MR) is 137 cm³/mol. The largest absolute Gasteiger partial charge is 0.322 e. The van der Waals surface area contributed by atoms with Crippen LogP contribution in [0.2, 0.25) is 0 Å². The molecule has 36 heavy (non-hydrogen) atoms. The summed E-state index contributed by atoms with van der Waals surface area (Å²) in [6.07, 6.45) is 1.74. The number of nitrogens with one attached hydrogen (secondary N) is 2. The molecule has 0 saturated heterocycles. The number of benzene rings is 3. The zero-order chi connectivity index (χ0) is 25.5. The molecule has 0 radical (unpaired) electrons. The summed E-state index contributed by atoms with van der Waals surface area (Å²) in [4.78, 5) is 25.8. The lowest BCUT2D eigenvalue weighted by Crippen LogP contribution is -2.35. The van der Waals surface area contributed by atoms with Crippen LogP contribution in [0.1, 0.15) is 30.9 Å². The number of amides is 2. The topological polar surface area (TPSA) is 130 Å². The molecule has 184 valence electrons. The fourth-order valence-electron chi connectivity index (χ4n) is 3.91. The Morgan fingerprint density at radius 2 is 1.83 bits per heavy atom. The Kier molecular flexibility index (Phi) is 7.64. The van der Waals surface area contributed by atoms with Crippen molar-refractivity contribution in [1.82, 2.24) is 25.5 Å². The number of aromatic amines is 1. The van der Waals surface area contributed by atoms with Gasteiger partial charge in [0.05, 0.1) is 4.92 Å². The molecule has 0 fully saturated rings. The maximum absolute atomic E-state index is 13.1. The van der Waals surface area contributed by atoms with Crippen LogP contribution < -0.4 is 5.32 Å². The molecule has 1 aromatic heterocycles. The SMILES string of the molecule is CCCCN(Cc1ccc(-c2ccccc2-c2nn[nH]n2)cc1)C(=O)Nc1ccc(C)cc1[N+](=O)[O-]. The summed E-state index contributed by atoms with van der Waals surface area (Å²) in [7, 11) is 0. The van der Waals surface area contributed by atoms with E-state index in [0.717, 1.165) is 40.7 Å². The van der Waals surface area contributed by atoms with E-state index in [1.807, 2.05) is 48.5 Å². The number of hydrogen-bond acceptors (Lipinski definition) is 6. The molecule has 0 unspecified atom stereocenters. The second-order valence-corrected chi connectivity index (χ2v) is 8.46. The quantitative estimate of drug-likeness (QED) is 0.235. The number of nitro groups is 1. The van der Waals surface area contributed by atoms with Gasteiger partial charge in [0.2, 0.25) is 5.82 Å². The third-order valence-electron chi connectivity index (χ3n) is 5.81. The van der Waals surface area contributed by atoms with E-state index in [1.54, 1.807) is 24.0 Å². The zero-order valence-corrected chi connectivity index (χ0v) is 20.1. The Labute approximate surface area is 208 Å². The van der Waals surface area contributed by atoms with Crippen molar-refractivity contribution in [2.45, 2.75) is 33.2 Å². The number of aryl methyl sites for hydroxylation is 1. The molecule has 2 N–H and O–H groups in total. The van der Waals surface area contributed by atoms with E-state index in [2.05, 4.69) is 32.9 Å². The van der Waals surface area contributed by atoms with Crippen molar-refractivity contribution in [3.63, 3.8) is 0 Å². The zero-order valence-electron chi connectivity index (χ0n) is 20.1. The fraction of sp³-hybridized carbons (Fsp3) is 0.231. The molecule has 0 spiro atoms. The fourth-order valence-corrected chi connectivity index (χ4v) is 3.91. The number of carbonyl (C=O) groups excluding carboxylic acids is 1. The summed E-state index contributed by atoms with van der Waals surface area (Å²) in [5, 5.41) is 28.5. The number of tetrazole rings is 1. The van der Waals surface area contributed by atoms with Crippen molar-refractivity contribution in [1.29, 1.82) is 0 Å². The molecule has 1 heterocycles. The van der Waals surface area contributed by atoms with Crippen LogP contribution in [0, 0.1) is 17.0 Å². The van der Waals surface area contributed by atoms with Gasteiger partial charge in [0, 0.05) is 24.7 Å². The summed E-state index contributed by atoms with van der Waals surface area (Å²) in [5.74, 6) is 0.516. The molecule has 0 aliphatic rings. The Morgan fingerprint density at radius 1 is 1.08 bits per heavy atom. The van der Waals surface area contributed by atoms with Gasteiger partial charge < -0.3 is 10.2 Å². The van der Waals surface area contributed by atoms with Crippen LogP contribution in [0.3, 0.4) is 0 Å². The number of urea groups is 1. The Bertz CT molecular complexity index is 1340. The minimum Gasteiger partial charge on any atom is -0.320 e. The van der Waals surface area contributed by atoms with Crippen LogP contribution in [-0.2, 0) is 6.54 Å². The van der Waals surface area contributed by atoms with Gasteiger partial charge in [0.1, 0.15) is 5.69 Å². The van der Waals surface area contributed by atoms with Crippen molar-refractivity contribution in [3.8, 4) is 22.5 Å². The van der Waals surface area contributed by atoms with Gasteiger partial charge in [-0.1, -0.05) is 67.9 Å². The first-order chi connectivity index (χ1) is 17.5. The van der Waals surface area contributed by atoms with Gasteiger partial charge >= 0.3 is 6.03 Å². The summed E-state index contributed by atoms with van der Waals surface area (Å²) < 4.78 is 0. The van der Waals surface area contributed by atoms with Crippen molar-refractivity contribution in [2.75, 3.05) is 11.9 Å². The van der Waals surface area contributed by atoms with Crippen molar-refractivity contribution >= 4 is 17.4 Å². The molecular weight excluding hydrogens is 458 g/mol. The van der Waals surface area contributed by atoms with E-state index >= 15 is 0 Å². The van der Waals surface area contributed by atoms with Crippen LogP contribution in [0.25, 0.3) is 22.5 Å². The van der Waals surface area contributed by atoms with Crippen LogP contribution >= 0.6 is 0 Å². The molecular formula is C26H27N7O3. The summed E-state index contributed by atoms with van der Waals surface area (Å²) in [6, 6.07) is 20.1. The minimum atomic E-state index is -0.482. The number of nitrogens with zero attached hydrogens (tertiary/aromatic N) is 5. The first-order valence-electron chi connectivity index (χ1n) is 11.7. The summed E-state index contributed by atoms with van der Waals surface area (Å²) >= 11 is 0. The molecule has 0 saturated carbocycles. The number of rotatable bonds is 9. The van der Waals surface area contributed by atoms with Crippen molar-refractivity contribution in [2.24, 2.45) is 0 Å². The van der Waals surface area contributed by atoms with E-state index < -0.39 is 4.92 Å². The highest BCUT2D eigenvalue weighted by molar-refractivity contribution is 5.92. The molecule has 10 nitrogen and oxygen atoms in total. The smallest absolute Gasteiger partial charge is 0.320 e. The standard InChI is InChI=1S/C26H27N7O3/c1-3-4-15-32(26(34)27-23-14-9-18(2)16-24(23)33(35)36)17-19-10-12-20(13-11-19)21-7-5-6-8-22(21)25-28-30-31-29-25/h5-14,16H,3-4,15,17H2,1-2H3,(H,27,34)(H,28,29,30,31). The lowest BCUT2D eigenvalue weighted by atomic mass is 9.98. The number of carbonyl (C=O) groups is 1. The predicted octanol–water partition coefficient (Wildman–Crippen LogP) is 5.58. The maximum Gasteiger partial charge on any atom is 0.322 e. The first-order valence-corrected chi connectivity index (χ1v) is 11.7. The Morgan fingerprint density at radius 3 is 2.50 bits per heavy atom. The molecule has 0 atom stereocenters. The maximum atomic E-state index is 13.1. The third kappa shape index (κ3) is 5.72. The summed E-state index contributed by atoms with van der Waals surface area (Å²) in [5.41, 5.74) is 4.58. The van der Waals surface area contributed by atoms with E-state index in [-0.39, 0.29) is 17.4 Å². The Hall–Kier alpha value is -4.60. The van der Waals surface area contributed by atoms with Crippen LogP contribution in [0.15, 0.2) is 66.7 Å². The van der Waals surface area contributed by atoms with Gasteiger partial charge in [-0.05, 0) is 46.9 Å². The third-order valence-corrected chi connectivity index (χ3v) is 5.81. The molecule has 0 aliphatic heterocycles. The van der Waals surface area contributed by atoms with Gasteiger partial charge in [-0.2, -0.15) is 5.21 Å². The van der Waals surface area contributed by atoms with Gasteiger partial charge in [-0.25, -0.2) is 4.79 Å². The van der Waals surface area contributed by atoms with E-state index in [9.17, 15) is 14.9 Å². The molecule has 4 rings (SSSR count). The monoisotopic (exact) mass is 485 g/mol. The second kappa shape index (κ2) is 11.2. The van der Waals surface area contributed by atoms with Crippen LogP contribution in [0.5, 0.6) is 0 Å². The normalized spacial score (nSPS) is 10.7. The molecule has 0 bridgehead atoms. The minimum absolute atomic E-state index is 0.122. The van der Waals surface area contributed by atoms with Crippen molar-refractivity contribution < 1.29 is 9.72 Å². The number of hydrogen-bond donors (Lipinski definition) is 2. The Balaban J connectivity index is 1.53. The number of aromatic nitrogens is 4. The highest BCUT2D eigenvalue weighted by atomic mass is 16.6. The highest BCUT2D eigenvalue weighted by Crippen LogP contribution is 2.30. The second-order valence-electron chi connectivity index (χ2n) is 8.46. The van der Waals surface area contributed by atoms with E-state index in [4.69, 9.17) is 0 Å². The lowest BCUT2D eigenvalue weighted by Gasteiger charge is -2.23. The lowest BCUT2D eigenvalue weighted by molar-refractivity contribution is -0.384. The molecule has 2 amide bonds. The molecule has 3 aromatic carbocycles. The average molecular weight is 486 g/mol. The highest BCUT2D eigenvalue weighted by Gasteiger charge is 2.20.